The normalized spacial score (nSPS) is 13.7. The Morgan fingerprint density at radius 3 is 2.29 bits per heavy atom. The molecule has 0 saturated carbocycles. The molecule has 0 fully saturated rings. The van der Waals surface area contributed by atoms with Crippen molar-refractivity contribution in [1.82, 2.24) is 0 Å². The SMILES string of the molecule is CC(C)CC(C)Nc1ccccc1S(C)(=O)=O. The summed E-state index contributed by atoms with van der Waals surface area (Å²) in [4.78, 5) is 0.371. The lowest BCUT2D eigenvalue weighted by Gasteiger charge is -2.19. The van der Waals surface area contributed by atoms with Gasteiger partial charge in [0, 0.05) is 12.3 Å². The van der Waals surface area contributed by atoms with Crippen molar-refractivity contribution in [3.05, 3.63) is 24.3 Å². The van der Waals surface area contributed by atoms with Crippen LogP contribution < -0.4 is 5.32 Å². The van der Waals surface area contributed by atoms with Crippen molar-refractivity contribution in [1.29, 1.82) is 0 Å². The molecule has 0 bridgehead atoms. The van der Waals surface area contributed by atoms with Crippen LogP contribution in [0.3, 0.4) is 0 Å². The van der Waals surface area contributed by atoms with Crippen molar-refractivity contribution < 1.29 is 8.42 Å². The third-order valence-corrected chi connectivity index (χ3v) is 3.67. The van der Waals surface area contributed by atoms with E-state index in [0.29, 0.717) is 16.5 Å². The van der Waals surface area contributed by atoms with Crippen LogP contribution in [-0.2, 0) is 9.84 Å². The molecule has 1 unspecified atom stereocenters. The van der Waals surface area contributed by atoms with Crippen molar-refractivity contribution in [2.75, 3.05) is 11.6 Å². The van der Waals surface area contributed by atoms with Crippen molar-refractivity contribution in [3.63, 3.8) is 0 Å². The Labute approximate surface area is 104 Å². The van der Waals surface area contributed by atoms with Crippen molar-refractivity contribution in [3.8, 4) is 0 Å². The van der Waals surface area contributed by atoms with Crippen LogP contribution >= 0.6 is 0 Å². The van der Waals surface area contributed by atoms with Crippen LogP contribution in [0.4, 0.5) is 5.69 Å². The van der Waals surface area contributed by atoms with Gasteiger partial charge in [-0.3, -0.25) is 0 Å². The molecule has 0 aliphatic carbocycles. The first-order chi connectivity index (χ1) is 7.80. The fourth-order valence-electron chi connectivity index (χ4n) is 1.94. The minimum Gasteiger partial charge on any atom is -0.382 e. The number of nitrogens with one attached hydrogen (secondary N) is 1. The van der Waals surface area contributed by atoms with E-state index in [1.54, 1.807) is 12.1 Å². The summed E-state index contributed by atoms with van der Waals surface area (Å²) < 4.78 is 23.2. The maximum Gasteiger partial charge on any atom is 0.177 e. The first-order valence-corrected chi connectivity index (χ1v) is 7.75. The molecular weight excluding hydrogens is 234 g/mol. The van der Waals surface area contributed by atoms with Gasteiger partial charge in [0.25, 0.3) is 0 Å². The zero-order valence-corrected chi connectivity index (χ0v) is 11.7. The van der Waals surface area contributed by atoms with Gasteiger partial charge < -0.3 is 5.32 Å². The molecule has 0 heterocycles. The summed E-state index contributed by atoms with van der Waals surface area (Å²) in [5, 5.41) is 3.27. The summed E-state index contributed by atoms with van der Waals surface area (Å²) in [6, 6.07) is 7.30. The molecule has 1 atom stereocenters. The van der Waals surface area contributed by atoms with Gasteiger partial charge in [0.1, 0.15) is 0 Å². The molecule has 0 aromatic heterocycles. The van der Waals surface area contributed by atoms with Gasteiger partial charge in [-0.25, -0.2) is 8.42 Å². The molecule has 0 radical (unpaired) electrons. The number of sulfone groups is 1. The van der Waals surface area contributed by atoms with Gasteiger partial charge in [-0.1, -0.05) is 26.0 Å². The number of hydrogen-bond donors (Lipinski definition) is 1. The van der Waals surface area contributed by atoms with Crippen LogP contribution in [0.2, 0.25) is 0 Å². The summed E-state index contributed by atoms with van der Waals surface area (Å²) in [6.45, 7) is 6.38. The summed E-state index contributed by atoms with van der Waals surface area (Å²) in [5.41, 5.74) is 0.697. The first kappa shape index (κ1) is 14.0. The van der Waals surface area contributed by atoms with E-state index >= 15 is 0 Å². The zero-order valence-electron chi connectivity index (χ0n) is 10.9. The first-order valence-electron chi connectivity index (χ1n) is 5.86. The second-order valence-electron chi connectivity index (χ2n) is 4.94. The summed E-state index contributed by atoms with van der Waals surface area (Å²) in [6.07, 6.45) is 2.25. The molecule has 1 aromatic carbocycles. The Bertz CT molecular complexity index is 466. The largest absolute Gasteiger partial charge is 0.382 e. The molecule has 0 aliphatic rings. The molecule has 4 heteroatoms. The van der Waals surface area contributed by atoms with Crippen LogP contribution in [0.5, 0.6) is 0 Å². The van der Waals surface area contributed by atoms with Gasteiger partial charge in [0.2, 0.25) is 0 Å². The van der Waals surface area contributed by atoms with Crippen LogP contribution in [0.1, 0.15) is 27.2 Å². The van der Waals surface area contributed by atoms with Gasteiger partial charge in [0.05, 0.1) is 10.6 Å². The molecule has 96 valence electrons. The van der Waals surface area contributed by atoms with Crippen molar-refractivity contribution >= 4 is 15.5 Å². The second kappa shape index (κ2) is 5.54. The van der Waals surface area contributed by atoms with Gasteiger partial charge in [-0.05, 0) is 31.4 Å². The standard InChI is InChI=1S/C13H21NO2S/c1-10(2)9-11(3)14-12-7-5-6-8-13(12)17(4,15)16/h5-8,10-11,14H,9H2,1-4H3. The fourth-order valence-corrected chi connectivity index (χ4v) is 2.79. The highest BCUT2D eigenvalue weighted by atomic mass is 32.2. The summed E-state index contributed by atoms with van der Waals surface area (Å²) >= 11 is 0. The van der Waals surface area contributed by atoms with Crippen molar-refractivity contribution in [2.45, 2.75) is 38.1 Å². The molecule has 1 N–H and O–H groups in total. The Morgan fingerprint density at radius 1 is 1.18 bits per heavy atom. The third-order valence-electron chi connectivity index (χ3n) is 2.51. The van der Waals surface area contributed by atoms with E-state index < -0.39 is 9.84 Å². The minimum absolute atomic E-state index is 0.262. The summed E-state index contributed by atoms with van der Waals surface area (Å²) in [5.74, 6) is 0.586. The highest BCUT2D eigenvalue weighted by molar-refractivity contribution is 7.90. The molecule has 0 amide bonds. The molecule has 3 nitrogen and oxygen atoms in total. The highest BCUT2D eigenvalue weighted by Crippen LogP contribution is 2.22. The topological polar surface area (TPSA) is 46.2 Å². The average Bonchev–Trinajstić information content (AvgIpc) is 2.15. The Hall–Kier alpha value is -1.03. The van der Waals surface area contributed by atoms with E-state index in [0.717, 1.165) is 6.42 Å². The third kappa shape index (κ3) is 4.38. The number of anilines is 1. The van der Waals surface area contributed by atoms with Gasteiger partial charge in [-0.15, -0.1) is 0 Å². The summed E-state index contributed by atoms with van der Waals surface area (Å²) in [7, 11) is -3.17. The number of benzene rings is 1. The molecule has 0 spiro atoms. The molecule has 0 aliphatic heterocycles. The lowest BCUT2D eigenvalue weighted by atomic mass is 10.1. The van der Waals surface area contributed by atoms with Crippen molar-refractivity contribution in [2.24, 2.45) is 5.92 Å². The van der Waals surface area contributed by atoms with E-state index in [1.807, 2.05) is 12.1 Å². The Balaban J connectivity index is 2.92. The maximum atomic E-state index is 11.6. The highest BCUT2D eigenvalue weighted by Gasteiger charge is 2.14. The maximum absolute atomic E-state index is 11.6. The lowest BCUT2D eigenvalue weighted by Crippen LogP contribution is -2.19. The Morgan fingerprint density at radius 2 is 1.76 bits per heavy atom. The molecule has 17 heavy (non-hydrogen) atoms. The van der Waals surface area contributed by atoms with Gasteiger partial charge in [-0.2, -0.15) is 0 Å². The second-order valence-corrected chi connectivity index (χ2v) is 6.93. The molecular formula is C13H21NO2S. The molecule has 1 rings (SSSR count). The monoisotopic (exact) mass is 255 g/mol. The van der Waals surface area contributed by atoms with Gasteiger partial charge >= 0.3 is 0 Å². The number of hydrogen-bond acceptors (Lipinski definition) is 3. The fraction of sp³-hybridized carbons (Fsp3) is 0.538. The zero-order chi connectivity index (χ0) is 13.1. The van der Waals surface area contributed by atoms with Gasteiger partial charge in [0.15, 0.2) is 9.84 Å². The smallest absolute Gasteiger partial charge is 0.177 e. The van der Waals surface area contributed by atoms with Crippen LogP contribution in [-0.4, -0.2) is 20.7 Å². The number of rotatable bonds is 5. The minimum atomic E-state index is -3.17. The molecule has 0 saturated heterocycles. The predicted molar refractivity (Wildman–Crippen MR) is 72.1 cm³/mol. The average molecular weight is 255 g/mol. The van der Waals surface area contributed by atoms with Crippen LogP contribution in [0.25, 0.3) is 0 Å². The van der Waals surface area contributed by atoms with E-state index in [-0.39, 0.29) is 6.04 Å². The van der Waals surface area contributed by atoms with E-state index in [9.17, 15) is 8.42 Å². The van der Waals surface area contributed by atoms with Crippen LogP contribution in [0.15, 0.2) is 29.2 Å². The lowest BCUT2D eigenvalue weighted by molar-refractivity contribution is 0.539. The van der Waals surface area contributed by atoms with E-state index in [2.05, 4.69) is 26.1 Å². The quantitative estimate of drug-likeness (QED) is 0.880. The Kier molecular flexibility index (Phi) is 4.57. The van der Waals surface area contributed by atoms with E-state index in [1.165, 1.54) is 6.26 Å². The number of para-hydroxylation sites is 1. The van der Waals surface area contributed by atoms with Crippen LogP contribution in [0, 0.1) is 5.92 Å². The molecule has 1 aromatic rings. The van der Waals surface area contributed by atoms with E-state index in [4.69, 9.17) is 0 Å². The predicted octanol–water partition coefficient (Wildman–Crippen LogP) is 2.94.